The highest BCUT2D eigenvalue weighted by atomic mass is 35.5. The molecule has 0 aliphatic carbocycles. The Kier molecular flexibility index (Phi) is 8.76. The van der Waals surface area contributed by atoms with Crippen LogP contribution in [0.5, 0.6) is 11.5 Å². The first kappa shape index (κ1) is 18.5. The van der Waals surface area contributed by atoms with Crippen LogP contribution in [0.3, 0.4) is 0 Å². The molecule has 0 bridgehead atoms. The summed E-state index contributed by atoms with van der Waals surface area (Å²) in [7, 11) is 5.05. The predicted octanol–water partition coefficient (Wildman–Crippen LogP) is 1.39. The van der Waals surface area contributed by atoms with E-state index in [-0.39, 0.29) is 30.8 Å². The molecular formula is C14H23ClN2O3. The summed E-state index contributed by atoms with van der Waals surface area (Å²) in [4.78, 5) is 11.9. The number of carbonyl (C=O) groups is 1. The SMILES string of the molecule is CNC(C)CNC(=O)Cc1cc(OC)ccc1OC.Cl. The van der Waals surface area contributed by atoms with Crippen molar-refractivity contribution >= 4 is 18.3 Å². The lowest BCUT2D eigenvalue weighted by Crippen LogP contribution is -2.37. The van der Waals surface area contributed by atoms with Gasteiger partial charge in [-0.25, -0.2) is 0 Å². The lowest BCUT2D eigenvalue weighted by Gasteiger charge is -2.13. The molecule has 0 aliphatic rings. The first-order valence-corrected chi connectivity index (χ1v) is 6.25. The number of hydrogen-bond donors (Lipinski definition) is 2. The molecule has 0 aliphatic heterocycles. The molecule has 1 unspecified atom stereocenters. The molecule has 0 fully saturated rings. The summed E-state index contributed by atoms with van der Waals surface area (Å²) in [5, 5.41) is 5.94. The Balaban J connectivity index is 0.00000361. The van der Waals surface area contributed by atoms with Gasteiger partial charge in [0.15, 0.2) is 0 Å². The summed E-state index contributed by atoms with van der Waals surface area (Å²) < 4.78 is 10.4. The monoisotopic (exact) mass is 302 g/mol. The van der Waals surface area contributed by atoms with Crippen molar-refractivity contribution in [2.75, 3.05) is 27.8 Å². The van der Waals surface area contributed by atoms with Crippen LogP contribution in [0.25, 0.3) is 0 Å². The van der Waals surface area contributed by atoms with Crippen molar-refractivity contribution in [1.82, 2.24) is 10.6 Å². The second kappa shape index (κ2) is 9.44. The lowest BCUT2D eigenvalue weighted by atomic mass is 10.1. The Morgan fingerprint density at radius 3 is 2.55 bits per heavy atom. The Morgan fingerprint density at radius 1 is 1.30 bits per heavy atom. The van der Waals surface area contributed by atoms with E-state index in [1.807, 2.05) is 26.1 Å². The van der Waals surface area contributed by atoms with Gasteiger partial charge in [0.05, 0.1) is 20.6 Å². The first-order valence-electron chi connectivity index (χ1n) is 6.25. The van der Waals surface area contributed by atoms with Crippen LogP contribution in [-0.4, -0.2) is 39.8 Å². The molecule has 1 rings (SSSR count). The maximum absolute atomic E-state index is 11.9. The van der Waals surface area contributed by atoms with Crippen molar-refractivity contribution in [3.63, 3.8) is 0 Å². The fourth-order valence-electron chi connectivity index (χ4n) is 1.62. The van der Waals surface area contributed by atoms with E-state index in [2.05, 4.69) is 10.6 Å². The number of nitrogens with one attached hydrogen (secondary N) is 2. The minimum absolute atomic E-state index is 0. The van der Waals surface area contributed by atoms with E-state index < -0.39 is 0 Å². The zero-order valence-corrected chi connectivity index (χ0v) is 13.2. The molecule has 0 heterocycles. The van der Waals surface area contributed by atoms with Gasteiger partial charge in [0.1, 0.15) is 11.5 Å². The van der Waals surface area contributed by atoms with Crippen LogP contribution in [-0.2, 0) is 11.2 Å². The van der Waals surface area contributed by atoms with Gasteiger partial charge >= 0.3 is 0 Å². The molecule has 20 heavy (non-hydrogen) atoms. The molecule has 0 aromatic heterocycles. The number of rotatable bonds is 7. The van der Waals surface area contributed by atoms with Gasteiger partial charge in [0.25, 0.3) is 0 Å². The fourth-order valence-corrected chi connectivity index (χ4v) is 1.62. The number of methoxy groups -OCH3 is 2. The zero-order valence-electron chi connectivity index (χ0n) is 12.4. The van der Waals surface area contributed by atoms with E-state index in [9.17, 15) is 4.79 Å². The minimum Gasteiger partial charge on any atom is -0.497 e. The van der Waals surface area contributed by atoms with Gasteiger partial charge in [-0.1, -0.05) is 0 Å². The average Bonchev–Trinajstić information content (AvgIpc) is 2.44. The third kappa shape index (κ3) is 5.67. The van der Waals surface area contributed by atoms with Crippen LogP contribution in [0.1, 0.15) is 12.5 Å². The predicted molar refractivity (Wildman–Crippen MR) is 82.0 cm³/mol. The van der Waals surface area contributed by atoms with Crippen molar-refractivity contribution in [3.8, 4) is 11.5 Å². The van der Waals surface area contributed by atoms with Gasteiger partial charge in [0.2, 0.25) is 5.91 Å². The van der Waals surface area contributed by atoms with Crippen molar-refractivity contribution in [2.45, 2.75) is 19.4 Å². The quantitative estimate of drug-likeness (QED) is 0.799. The Hall–Kier alpha value is -1.46. The number of likely N-dealkylation sites (N-methyl/N-ethyl adjacent to an activating group) is 1. The summed E-state index contributed by atoms with van der Waals surface area (Å²) >= 11 is 0. The molecule has 1 atom stereocenters. The second-order valence-corrected chi connectivity index (χ2v) is 4.35. The highest BCUT2D eigenvalue weighted by Gasteiger charge is 2.10. The van der Waals surface area contributed by atoms with Crippen LogP contribution in [0, 0.1) is 0 Å². The number of ether oxygens (including phenoxy) is 2. The van der Waals surface area contributed by atoms with E-state index in [0.29, 0.717) is 18.0 Å². The van der Waals surface area contributed by atoms with Crippen molar-refractivity contribution in [1.29, 1.82) is 0 Å². The molecule has 1 aromatic carbocycles. The van der Waals surface area contributed by atoms with Crippen LogP contribution < -0.4 is 20.1 Å². The van der Waals surface area contributed by atoms with Gasteiger partial charge in [-0.2, -0.15) is 0 Å². The van der Waals surface area contributed by atoms with Crippen LogP contribution >= 0.6 is 12.4 Å². The van der Waals surface area contributed by atoms with E-state index in [4.69, 9.17) is 9.47 Å². The standard InChI is InChI=1S/C14H22N2O3.ClH/c1-10(15-2)9-16-14(17)8-11-7-12(18-3)5-6-13(11)19-4;/h5-7,10,15H,8-9H2,1-4H3,(H,16,17);1H. The molecule has 6 heteroatoms. The lowest BCUT2D eigenvalue weighted by molar-refractivity contribution is -0.120. The molecule has 114 valence electrons. The highest BCUT2D eigenvalue weighted by molar-refractivity contribution is 5.85. The number of halogens is 1. The number of benzene rings is 1. The third-order valence-corrected chi connectivity index (χ3v) is 2.94. The third-order valence-electron chi connectivity index (χ3n) is 2.94. The Morgan fingerprint density at radius 2 is 2.00 bits per heavy atom. The fraction of sp³-hybridized carbons (Fsp3) is 0.500. The van der Waals surface area contributed by atoms with Crippen LogP contribution in [0.4, 0.5) is 0 Å². The highest BCUT2D eigenvalue weighted by Crippen LogP contribution is 2.24. The Bertz CT molecular complexity index is 427. The molecule has 2 N–H and O–H groups in total. The van der Waals surface area contributed by atoms with Crippen molar-refractivity contribution in [3.05, 3.63) is 23.8 Å². The van der Waals surface area contributed by atoms with Gasteiger partial charge in [0, 0.05) is 18.2 Å². The van der Waals surface area contributed by atoms with E-state index in [1.54, 1.807) is 20.3 Å². The van der Waals surface area contributed by atoms with E-state index in [1.165, 1.54) is 0 Å². The maximum atomic E-state index is 11.9. The molecule has 0 saturated heterocycles. The van der Waals surface area contributed by atoms with Gasteiger partial charge in [-0.3, -0.25) is 4.79 Å². The largest absolute Gasteiger partial charge is 0.497 e. The normalized spacial score (nSPS) is 11.2. The molecule has 1 amide bonds. The summed E-state index contributed by atoms with van der Waals surface area (Å²) in [6, 6.07) is 5.68. The smallest absolute Gasteiger partial charge is 0.224 e. The number of amides is 1. The first-order chi connectivity index (χ1) is 9.10. The number of carbonyl (C=O) groups excluding carboxylic acids is 1. The van der Waals surface area contributed by atoms with E-state index in [0.717, 1.165) is 5.56 Å². The molecular weight excluding hydrogens is 280 g/mol. The average molecular weight is 303 g/mol. The summed E-state index contributed by atoms with van der Waals surface area (Å²) in [5.74, 6) is 1.37. The summed E-state index contributed by atoms with van der Waals surface area (Å²) in [6.45, 7) is 2.61. The molecule has 0 spiro atoms. The Labute approximate surface area is 126 Å². The summed E-state index contributed by atoms with van der Waals surface area (Å²) in [5.41, 5.74) is 0.816. The summed E-state index contributed by atoms with van der Waals surface area (Å²) in [6.07, 6.45) is 0.275. The molecule has 0 saturated carbocycles. The van der Waals surface area contributed by atoms with Gasteiger partial charge in [-0.15, -0.1) is 12.4 Å². The van der Waals surface area contributed by atoms with Crippen LogP contribution in [0.15, 0.2) is 18.2 Å². The molecule has 5 nitrogen and oxygen atoms in total. The maximum Gasteiger partial charge on any atom is 0.224 e. The van der Waals surface area contributed by atoms with E-state index >= 15 is 0 Å². The van der Waals surface area contributed by atoms with Crippen molar-refractivity contribution in [2.24, 2.45) is 0 Å². The van der Waals surface area contributed by atoms with Gasteiger partial charge in [-0.05, 0) is 32.2 Å². The number of hydrogen-bond acceptors (Lipinski definition) is 4. The second-order valence-electron chi connectivity index (χ2n) is 4.35. The molecule has 1 aromatic rings. The van der Waals surface area contributed by atoms with Crippen LogP contribution in [0.2, 0.25) is 0 Å². The zero-order chi connectivity index (χ0) is 14.3. The van der Waals surface area contributed by atoms with Crippen molar-refractivity contribution < 1.29 is 14.3 Å². The topological polar surface area (TPSA) is 59.6 Å². The molecule has 0 radical (unpaired) electrons. The van der Waals surface area contributed by atoms with Gasteiger partial charge < -0.3 is 20.1 Å². The minimum atomic E-state index is -0.0337.